The van der Waals surface area contributed by atoms with E-state index in [9.17, 15) is 14.9 Å². The van der Waals surface area contributed by atoms with Crippen molar-refractivity contribution in [2.45, 2.75) is 37.5 Å². The molecule has 1 fully saturated rings. The Morgan fingerprint density at radius 1 is 1.42 bits per heavy atom. The van der Waals surface area contributed by atoms with Crippen molar-refractivity contribution in [3.8, 4) is 0 Å². The number of carbonyl (C=O) groups is 1. The Labute approximate surface area is 116 Å². The number of benzene rings is 1. The third kappa shape index (κ3) is 3.56. The summed E-state index contributed by atoms with van der Waals surface area (Å²) in [5.41, 5.74) is 0.110. The molecular formula is C14H17NO3S. The van der Waals surface area contributed by atoms with Crippen LogP contribution in [0.4, 0.5) is 5.69 Å². The van der Waals surface area contributed by atoms with Gasteiger partial charge in [0.15, 0.2) is 5.78 Å². The average molecular weight is 279 g/mol. The van der Waals surface area contributed by atoms with Crippen LogP contribution in [0.2, 0.25) is 0 Å². The Morgan fingerprint density at radius 3 is 2.68 bits per heavy atom. The number of carbonyl (C=O) groups excluding carboxylic acids is 1. The molecule has 0 heterocycles. The van der Waals surface area contributed by atoms with E-state index in [1.807, 2.05) is 6.07 Å². The van der Waals surface area contributed by atoms with Crippen molar-refractivity contribution in [3.05, 3.63) is 33.9 Å². The monoisotopic (exact) mass is 279 g/mol. The molecule has 2 rings (SSSR count). The molecule has 102 valence electrons. The molecule has 0 aliphatic heterocycles. The van der Waals surface area contributed by atoms with Gasteiger partial charge in [-0.1, -0.05) is 12.8 Å². The lowest BCUT2D eigenvalue weighted by atomic mass is 10.1. The summed E-state index contributed by atoms with van der Waals surface area (Å²) < 4.78 is 0. The number of rotatable bonds is 5. The Hall–Kier alpha value is -1.36. The van der Waals surface area contributed by atoms with Crippen LogP contribution in [-0.4, -0.2) is 16.5 Å². The van der Waals surface area contributed by atoms with Crippen molar-refractivity contribution in [3.63, 3.8) is 0 Å². The molecule has 1 aromatic carbocycles. The third-order valence-corrected chi connectivity index (χ3v) is 4.73. The first-order valence-electron chi connectivity index (χ1n) is 6.50. The minimum absolute atomic E-state index is 0.0797. The van der Waals surface area contributed by atoms with Gasteiger partial charge in [-0.15, -0.1) is 11.8 Å². The number of hydrogen-bond donors (Lipinski definition) is 0. The van der Waals surface area contributed by atoms with E-state index in [0.29, 0.717) is 0 Å². The van der Waals surface area contributed by atoms with Crippen LogP contribution >= 0.6 is 11.8 Å². The molecule has 0 spiro atoms. The van der Waals surface area contributed by atoms with E-state index in [1.54, 1.807) is 17.8 Å². The number of nitro benzene ring substituents is 1. The van der Waals surface area contributed by atoms with Gasteiger partial charge in [0.25, 0.3) is 5.69 Å². The molecule has 0 amide bonds. The quantitative estimate of drug-likeness (QED) is 0.352. The van der Waals surface area contributed by atoms with Crippen LogP contribution in [0, 0.1) is 16.0 Å². The van der Waals surface area contributed by atoms with E-state index in [4.69, 9.17) is 0 Å². The summed E-state index contributed by atoms with van der Waals surface area (Å²) in [6.07, 6.45) is 5.13. The smallest absolute Gasteiger partial charge is 0.281 e. The Kier molecular flexibility index (Phi) is 4.58. The third-order valence-electron chi connectivity index (χ3n) is 3.51. The maximum Gasteiger partial charge on any atom is 0.281 e. The first kappa shape index (κ1) is 14.1. The topological polar surface area (TPSA) is 60.2 Å². The lowest BCUT2D eigenvalue weighted by molar-refractivity contribution is -0.385. The molecule has 0 unspecified atom stereocenters. The fourth-order valence-electron chi connectivity index (χ4n) is 2.44. The zero-order chi connectivity index (χ0) is 13.8. The summed E-state index contributed by atoms with van der Waals surface area (Å²) in [6, 6.07) is 4.90. The molecule has 0 atom stereocenters. The van der Waals surface area contributed by atoms with Crippen LogP contribution in [0.15, 0.2) is 23.1 Å². The highest BCUT2D eigenvalue weighted by Crippen LogP contribution is 2.33. The molecule has 1 aliphatic rings. The summed E-state index contributed by atoms with van der Waals surface area (Å²) in [6.45, 7) is 1.35. The Balaban J connectivity index is 2.11. The standard InChI is InChI=1S/C14H17NO3S/c1-10(16)13-7-6-12(8-14(13)15(17)18)19-9-11-4-2-3-5-11/h6-8,11H,2-5,9H2,1H3. The van der Waals surface area contributed by atoms with Crippen molar-refractivity contribution >= 4 is 23.2 Å². The zero-order valence-electron chi connectivity index (χ0n) is 10.9. The second kappa shape index (κ2) is 6.19. The minimum Gasteiger partial charge on any atom is -0.294 e. The highest BCUT2D eigenvalue weighted by atomic mass is 32.2. The number of ketones is 1. The first-order valence-corrected chi connectivity index (χ1v) is 7.48. The van der Waals surface area contributed by atoms with Gasteiger partial charge in [0.2, 0.25) is 0 Å². The second-order valence-electron chi connectivity index (χ2n) is 4.95. The van der Waals surface area contributed by atoms with Gasteiger partial charge >= 0.3 is 0 Å². The highest BCUT2D eigenvalue weighted by Gasteiger charge is 2.19. The van der Waals surface area contributed by atoms with Crippen LogP contribution in [0.25, 0.3) is 0 Å². The fourth-order valence-corrected chi connectivity index (χ4v) is 3.56. The number of nitro groups is 1. The minimum atomic E-state index is -0.476. The summed E-state index contributed by atoms with van der Waals surface area (Å²) in [5, 5.41) is 11.0. The van der Waals surface area contributed by atoms with Gasteiger partial charge in [-0.3, -0.25) is 14.9 Å². The molecule has 0 aromatic heterocycles. The van der Waals surface area contributed by atoms with E-state index in [-0.39, 0.29) is 17.0 Å². The zero-order valence-corrected chi connectivity index (χ0v) is 11.7. The molecule has 1 aromatic rings. The van der Waals surface area contributed by atoms with Crippen LogP contribution in [0.5, 0.6) is 0 Å². The molecule has 0 bridgehead atoms. The van der Waals surface area contributed by atoms with E-state index in [1.165, 1.54) is 38.7 Å². The number of Topliss-reactive ketones (excluding diaryl/α,β-unsaturated/α-hetero) is 1. The maximum atomic E-state index is 11.3. The largest absolute Gasteiger partial charge is 0.294 e. The van der Waals surface area contributed by atoms with Gasteiger partial charge in [0.05, 0.1) is 10.5 Å². The number of nitrogens with zero attached hydrogens (tertiary/aromatic N) is 1. The summed E-state index contributed by atoms with van der Waals surface area (Å²) in [7, 11) is 0. The molecule has 4 nitrogen and oxygen atoms in total. The van der Waals surface area contributed by atoms with Crippen molar-refractivity contribution in [1.29, 1.82) is 0 Å². The van der Waals surface area contributed by atoms with Crippen LogP contribution in [-0.2, 0) is 0 Å². The Bertz CT molecular complexity index is 495. The molecule has 0 saturated heterocycles. The van der Waals surface area contributed by atoms with E-state index < -0.39 is 4.92 Å². The van der Waals surface area contributed by atoms with Gasteiger partial charge in [-0.05, 0) is 37.8 Å². The van der Waals surface area contributed by atoms with E-state index in [0.717, 1.165) is 16.6 Å². The highest BCUT2D eigenvalue weighted by molar-refractivity contribution is 7.99. The second-order valence-corrected chi connectivity index (χ2v) is 6.05. The molecular weight excluding hydrogens is 262 g/mol. The summed E-state index contributed by atoms with van der Waals surface area (Å²) in [5.74, 6) is 1.48. The summed E-state index contributed by atoms with van der Waals surface area (Å²) in [4.78, 5) is 22.7. The van der Waals surface area contributed by atoms with Crippen LogP contribution in [0.3, 0.4) is 0 Å². The van der Waals surface area contributed by atoms with Crippen molar-refractivity contribution in [1.82, 2.24) is 0 Å². The molecule has 19 heavy (non-hydrogen) atoms. The predicted molar refractivity (Wildman–Crippen MR) is 75.8 cm³/mol. The number of hydrogen-bond acceptors (Lipinski definition) is 4. The lowest BCUT2D eigenvalue weighted by Crippen LogP contribution is -2.01. The van der Waals surface area contributed by atoms with Crippen LogP contribution in [0.1, 0.15) is 43.0 Å². The molecule has 0 N–H and O–H groups in total. The number of thioether (sulfide) groups is 1. The van der Waals surface area contributed by atoms with Gasteiger partial charge in [0.1, 0.15) is 0 Å². The predicted octanol–water partition coefficient (Wildman–Crippen LogP) is 4.08. The van der Waals surface area contributed by atoms with Gasteiger partial charge < -0.3 is 0 Å². The van der Waals surface area contributed by atoms with E-state index in [2.05, 4.69) is 0 Å². The molecule has 5 heteroatoms. The van der Waals surface area contributed by atoms with Crippen molar-refractivity contribution < 1.29 is 9.72 Å². The summed E-state index contributed by atoms with van der Waals surface area (Å²) >= 11 is 1.65. The molecule has 0 radical (unpaired) electrons. The van der Waals surface area contributed by atoms with Gasteiger partial charge in [-0.25, -0.2) is 0 Å². The van der Waals surface area contributed by atoms with Gasteiger partial charge in [-0.2, -0.15) is 0 Å². The van der Waals surface area contributed by atoms with Crippen molar-refractivity contribution in [2.75, 3.05) is 5.75 Å². The fraction of sp³-hybridized carbons (Fsp3) is 0.500. The van der Waals surface area contributed by atoms with E-state index >= 15 is 0 Å². The lowest BCUT2D eigenvalue weighted by Gasteiger charge is -2.08. The van der Waals surface area contributed by atoms with Gasteiger partial charge in [0, 0.05) is 16.7 Å². The van der Waals surface area contributed by atoms with Crippen LogP contribution < -0.4 is 0 Å². The van der Waals surface area contributed by atoms with Crippen molar-refractivity contribution in [2.24, 2.45) is 5.92 Å². The molecule has 1 saturated carbocycles. The Morgan fingerprint density at radius 2 is 2.11 bits per heavy atom. The molecule has 1 aliphatic carbocycles. The normalized spacial score (nSPS) is 15.6. The SMILES string of the molecule is CC(=O)c1ccc(SCC2CCCC2)cc1[N+](=O)[O-]. The average Bonchev–Trinajstić information content (AvgIpc) is 2.88. The maximum absolute atomic E-state index is 11.3. The first-order chi connectivity index (χ1) is 9.08.